The molecule has 1 aromatic heterocycles. The molecule has 0 radical (unpaired) electrons. The minimum absolute atomic E-state index is 0.221. The molecule has 7 nitrogen and oxygen atoms in total. The van der Waals surface area contributed by atoms with Gasteiger partial charge < -0.3 is 9.47 Å². The van der Waals surface area contributed by atoms with Gasteiger partial charge in [-0.25, -0.2) is 5.43 Å². The molecule has 1 aromatic carbocycles. The Balaban J connectivity index is 2.07. The highest BCUT2D eigenvalue weighted by atomic mass is 16.7. The molecule has 106 valence electrons. The third kappa shape index (κ3) is 3.19. The van der Waals surface area contributed by atoms with Gasteiger partial charge in [0.15, 0.2) is 6.29 Å². The third-order valence-corrected chi connectivity index (χ3v) is 2.75. The van der Waals surface area contributed by atoms with E-state index in [1.54, 1.807) is 56.5 Å². The maximum Gasteiger partial charge on any atom is 0.287 e. The maximum absolute atomic E-state index is 12.0. The third-order valence-electron chi connectivity index (χ3n) is 2.75. The Morgan fingerprint density at radius 3 is 2.45 bits per heavy atom. The highest BCUT2D eigenvalue weighted by Gasteiger charge is 2.12. The van der Waals surface area contributed by atoms with Gasteiger partial charge in [0.05, 0.1) is 7.05 Å². The van der Waals surface area contributed by atoms with Gasteiger partial charge in [0, 0.05) is 30.4 Å². The Kier molecular flexibility index (Phi) is 4.44. The SMILES string of the molecule is COC(OC)c1ccc(C(=O)N[n+]2cnn(C)c2)cc1. The van der Waals surface area contributed by atoms with Gasteiger partial charge >= 0.3 is 0 Å². The summed E-state index contributed by atoms with van der Waals surface area (Å²) in [6, 6.07) is 7.01. The molecule has 0 atom stereocenters. The van der Waals surface area contributed by atoms with Gasteiger partial charge in [-0.1, -0.05) is 12.1 Å². The molecule has 0 aliphatic carbocycles. The normalized spacial score (nSPS) is 10.8. The number of benzene rings is 1. The fourth-order valence-corrected chi connectivity index (χ4v) is 1.78. The number of amides is 1. The van der Waals surface area contributed by atoms with Gasteiger partial charge in [-0.2, -0.15) is 0 Å². The van der Waals surface area contributed by atoms with Crippen molar-refractivity contribution < 1.29 is 18.9 Å². The molecule has 0 saturated heterocycles. The van der Waals surface area contributed by atoms with Crippen LogP contribution in [0.5, 0.6) is 0 Å². The second-order valence-corrected chi connectivity index (χ2v) is 4.19. The molecule has 0 spiro atoms. The first-order valence-electron chi connectivity index (χ1n) is 6.01. The fourth-order valence-electron chi connectivity index (χ4n) is 1.78. The highest BCUT2D eigenvalue weighted by Crippen LogP contribution is 2.17. The van der Waals surface area contributed by atoms with E-state index >= 15 is 0 Å². The average molecular weight is 277 g/mol. The molecule has 1 heterocycles. The van der Waals surface area contributed by atoms with Crippen molar-refractivity contribution in [1.29, 1.82) is 0 Å². The van der Waals surface area contributed by atoms with Crippen LogP contribution >= 0.6 is 0 Å². The number of nitrogens with one attached hydrogen (secondary N) is 1. The molecular formula is C13H17N4O3+. The summed E-state index contributed by atoms with van der Waals surface area (Å²) in [6.45, 7) is 0. The van der Waals surface area contributed by atoms with E-state index in [4.69, 9.17) is 9.47 Å². The number of aromatic nitrogens is 3. The zero-order valence-corrected chi connectivity index (χ0v) is 11.6. The Morgan fingerprint density at radius 2 is 1.95 bits per heavy atom. The molecule has 0 aliphatic rings. The Morgan fingerprint density at radius 1 is 1.30 bits per heavy atom. The first-order chi connectivity index (χ1) is 9.63. The molecule has 1 amide bonds. The van der Waals surface area contributed by atoms with E-state index in [0.29, 0.717) is 5.56 Å². The first kappa shape index (κ1) is 14.2. The van der Waals surface area contributed by atoms with Crippen LogP contribution in [0.3, 0.4) is 0 Å². The van der Waals surface area contributed by atoms with E-state index in [2.05, 4.69) is 10.5 Å². The molecular weight excluding hydrogens is 260 g/mol. The summed E-state index contributed by atoms with van der Waals surface area (Å²) in [4.78, 5) is 12.0. The van der Waals surface area contributed by atoms with Crippen LogP contribution in [0.1, 0.15) is 22.2 Å². The summed E-state index contributed by atoms with van der Waals surface area (Å²) in [5, 5.41) is 3.95. The number of carbonyl (C=O) groups excluding carboxylic acids is 1. The second-order valence-electron chi connectivity index (χ2n) is 4.19. The van der Waals surface area contributed by atoms with Crippen molar-refractivity contribution >= 4 is 5.91 Å². The lowest BCUT2D eigenvalue weighted by Crippen LogP contribution is -2.46. The van der Waals surface area contributed by atoms with Crippen LogP contribution < -0.4 is 10.1 Å². The molecule has 1 N–H and O–H groups in total. The molecule has 2 rings (SSSR count). The topological polar surface area (TPSA) is 69.3 Å². The zero-order valence-electron chi connectivity index (χ0n) is 11.6. The van der Waals surface area contributed by atoms with Crippen molar-refractivity contribution in [3.8, 4) is 0 Å². The van der Waals surface area contributed by atoms with Crippen molar-refractivity contribution in [2.24, 2.45) is 7.05 Å². The molecule has 0 saturated carbocycles. The van der Waals surface area contributed by atoms with E-state index in [1.807, 2.05) is 0 Å². The Bertz CT molecular complexity index is 576. The summed E-state index contributed by atoms with van der Waals surface area (Å²) in [5.41, 5.74) is 4.07. The minimum Gasteiger partial charge on any atom is -0.352 e. The number of hydrogen-bond donors (Lipinski definition) is 1. The van der Waals surface area contributed by atoms with Crippen molar-refractivity contribution in [2.45, 2.75) is 6.29 Å². The number of aryl methyl sites for hydroxylation is 1. The Hall–Kier alpha value is -2.25. The van der Waals surface area contributed by atoms with Crippen LogP contribution in [0.25, 0.3) is 0 Å². The lowest BCUT2D eigenvalue weighted by molar-refractivity contribution is -0.642. The quantitative estimate of drug-likeness (QED) is 0.634. The monoisotopic (exact) mass is 277 g/mol. The lowest BCUT2D eigenvalue weighted by Gasteiger charge is -2.13. The average Bonchev–Trinajstić information content (AvgIpc) is 2.86. The summed E-state index contributed by atoms with van der Waals surface area (Å²) in [5.74, 6) is -0.221. The van der Waals surface area contributed by atoms with E-state index < -0.39 is 6.29 Å². The number of hydrogen-bond acceptors (Lipinski definition) is 4. The smallest absolute Gasteiger partial charge is 0.287 e. The van der Waals surface area contributed by atoms with Gasteiger partial charge in [0.1, 0.15) is 0 Å². The summed E-state index contributed by atoms with van der Waals surface area (Å²) in [7, 11) is 4.90. The fraction of sp³-hybridized carbons (Fsp3) is 0.308. The predicted octanol–water partition coefficient (Wildman–Crippen LogP) is 0.383. The minimum atomic E-state index is -0.431. The standard InChI is InChI=1S/C13H16N4O3/c1-16-9-17(8-14-16)15-12(18)10-4-6-11(7-5-10)13(19-2)20-3/h4-9,13H,1-3H3/p+1. The van der Waals surface area contributed by atoms with Crippen LogP contribution in [0.2, 0.25) is 0 Å². The van der Waals surface area contributed by atoms with Crippen LogP contribution in [0.4, 0.5) is 0 Å². The molecule has 0 unspecified atom stereocenters. The van der Waals surface area contributed by atoms with Crippen molar-refractivity contribution in [2.75, 3.05) is 19.6 Å². The number of carbonyl (C=O) groups is 1. The number of ether oxygens (including phenoxy) is 2. The van der Waals surface area contributed by atoms with Crippen LogP contribution in [-0.2, 0) is 16.5 Å². The largest absolute Gasteiger partial charge is 0.352 e. The summed E-state index contributed by atoms with van der Waals surface area (Å²) >= 11 is 0. The lowest BCUT2D eigenvalue weighted by atomic mass is 10.1. The Labute approximate surface area is 116 Å². The van der Waals surface area contributed by atoms with Crippen molar-refractivity contribution in [3.05, 3.63) is 48.0 Å². The van der Waals surface area contributed by atoms with Crippen LogP contribution in [0, 0.1) is 0 Å². The summed E-state index contributed by atoms with van der Waals surface area (Å²) < 4.78 is 13.4. The van der Waals surface area contributed by atoms with Crippen molar-refractivity contribution in [3.63, 3.8) is 0 Å². The van der Waals surface area contributed by atoms with E-state index in [9.17, 15) is 4.79 Å². The molecule has 20 heavy (non-hydrogen) atoms. The molecule has 7 heteroatoms. The van der Waals surface area contributed by atoms with Crippen LogP contribution in [-0.4, -0.2) is 29.9 Å². The predicted molar refractivity (Wildman–Crippen MR) is 70.3 cm³/mol. The van der Waals surface area contributed by atoms with E-state index in [0.717, 1.165) is 5.56 Å². The van der Waals surface area contributed by atoms with E-state index in [1.165, 1.54) is 11.0 Å². The maximum atomic E-state index is 12.0. The van der Waals surface area contributed by atoms with Crippen LogP contribution in [0.15, 0.2) is 36.9 Å². The van der Waals surface area contributed by atoms with Crippen molar-refractivity contribution in [1.82, 2.24) is 9.78 Å². The van der Waals surface area contributed by atoms with E-state index in [-0.39, 0.29) is 5.91 Å². The molecule has 0 fully saturated rings. The van der Waals surface area contributed by atoms with Gasteiger partial charge in [0.25, 0.3) is 12.2 Å². The highest BCUT2D eigenvalue weighted by molar-refractivity contribution is 5.98. The molecule has 2 aromatic rings. The molecule has 0 bridgehead atoms. The second kappa shape index (κ2) is 6.27. The van der Waals surface area contributed by atoms with Gasteiger partial charge in [-0.05, 0) is 12.1 Å². The van der Waals surface area contributed by atoms with Gasteiger partial charge in [-0.3, -0.25) is 4.79 Å². The summed E-state index contributed by atoms with van der Waals surface area (Å²) in [6.07, 6.45) is 2.73. The van der Waals surface area contributed by atoms with Gasteiger partial charge in [0.2, 0.25) is 6.33 Å². The molecule has 0 aliphatic heterocycles. The number of methoxy groups -OCH3 is 2. The number of nitrogens with zero attached hydrogens (tertiary/aromatic N) is 3. The number of rotatable bonds is 5. The zero-order chi connectivity index (χ0) is 14.5. The first-order valence-corrected chi connectivity index (χ1v) is 6.01. The van der Waals surface area contributed by atoms with Gasteiger partial charge in [-0.15, -0.1) is 9.36 Å².